The van der Waals surface area contributed by atoms with Gasteiger partial charge in [0.2, 0.25) is 5.95 Å². The molecule has 2 N–H and O–H groups in total. The minimum Gasteiger partial charge on any atom is -0.481 e. The SMILES string of the molecule is CC(C)Cc1cnc(NS(=O)(=O)c2ccc(CC(=O)O)cc2)nc1. The maximum Gasteiger partial charge on any atom is 0.307 e. The number of benzene rings is 1. The van der Waals surface area contributed by atoms with Crippen molar-refractivity contribution in [1.82, 2.24) is 9.97 Å². The normalized spacial score (nSPS) is 11.5. The zero-order chi connectivity index (χ0) is 17.7. The second kappa shape index (κ2) is 7.39. The van der Waals surface area contributed by atoms with E-state index in [2.05, 4.69) is 28.5 Å². The number of nitrogens with one attached hydrogen (secondary N) is 1. The molecule has 0 aliphatic rings. The Kier molecular flexibility index (Phi) is 5.50. The molecular formula is C16H19N3O4S. The summed E-state index contributed by atoms with van der Waals surface area (Å²) in [6.45, 7) is 4.15. The van der Waals surface area contributed by atoms with E-state index in [9.17, 15) is 13.2 Å². The van der Waals surface area contributed by atoms with Crippen LogP contribution in [0.1, 0.15) is 25.0 Å². The van der Waals surface area contributed by atoms with E-state index >= 15 is 0 Å². The van der Waals surface area contributed by atoms with Gasteiger partial charge >= 0.3 is 5.97 Å². The maximum absolute atomic E-state index is 12.3. The second-order valence-electron chi connectivity index (χ2n) is 5.83. The Labute approximate surface area is 140 Å². The molecule has 0 saturated heterocycles. The third-order valence-electron chi connectivity index (χ3n) is 3.16. The van der Waals surface area contributed by atoms with Gasteiger partial charge in [0.05, 0.1) is 11.3 Å². The molecule has 128 valence electrons. The predicted octanol–water partition coefficient (Wildman–Crippen LogP) is 2.10. The van der Waals surface area contributed by atoms with Crippen molar-refractivity contribution in [2.75, 3.05) is 4.72 Å². The van der Waals surface area contributed by atoms with Gasteiger partial charge in [0.15, 0.2) is 0 Å². The summed E-state index contributed by atoms with van der Waals surface area (Å²) in [6.07, 6.45) is 3.86. The van der Waals surface area contributed by atoms with Gasteiger partial charge in [-0.25, -0.2) is 23.1 Å². The zero-order valence-electron chi connectivity index (χ0n) is 13.4. The molecule has 0 radical (unpaired) electrons. The first-order valence-electron chi connectivity index (χ1n) is 7.41. The van der Waals surface area contributed by atoms with Gasteiger partial charge in [-0.3, -0.25) is 4.79 Å². The Morgan fingerprint density at radius 2 is 1.71 bits per heavy atom. The maximum atomic E-state index is 12.3. The summed E-state index contributed by atoms with van der Waals surface area (Å²) in [4.78, 5) is 18.7. The van der Waals surface area contributed by atoms with E-state index in [0.717, 1.165) is 12.0 Å². The number of carboxylic acid groups (broad SMARTS) is 1. The number of hydrogen-bond donors (Lipinski definition) is 2. The van der Waals surface area contributed by atoms with Crippen LogP contribution in [0.25, 0.3) is 0 Å². The van der Waals surface area contributed by atoms with Gasteiger partial charge in [0.1, 0.15) is 0 Å². The van der Waals surface area contributed by atoms with Crippen molar-refractivity contribution in [1.29, 1.82) is 0 Å². The molecule has 0 saturated carbocycles. The lowest BCUT2D eigenvalue weighted by atomic mass is 10.1. The number of nitrogens with zero attached hydrogens (tertiary/aromatic N) is 2. The Hall–Kier alpha value is -2.48. The fourth-order valence-electron chi connectivity index (χ4n) is 2.12. The fourth-order valence-corrected chi connectivity index (χ4v) is 3.08. The molecule has 0 aliphatic heterocycles. The molecule has 0 unspecified atom stereocenters. The molecule has 2 aromatic rings. The number of carboxylic acids is 1. The van der Waals surface area contributed by atoms with Crippen molar-refractivity contribution >= 4 is 21.9 Å². The minimum atomic E-state index is -3.82. The summed E-state index contributed by atoms with van der Waals surface area (Å²) in [7, 11) is -3.82. The van der Waals surface area contributed by atoms with Crippen molar-refractivity contribution in [3.05, 3.63) is 47.8 Å². The molecule has 0 aliphatic carbocycles. The molecule has 7 nitrogen and oxygen atoms in total. The lowest BCUT2D eigenvalue weighted by Gasteiger charge is -2.08. The Morgan fingerprint density at radius 1 is 1.12 bits per heavy atom. The van der Waals surface area contributed by atoms with Crippen LogP contribution < -0.4 is 4.72 Å². The highest BCUT2D eigenvalue weighted by molar-refractivity contribution is 7.92. The number of aromatic nitrogens is 2. The van der Waals surface area contributed by atoms with E-state index in [4.69, 9.17) is 5.11 Å². The predicted molar refractivity (Wildman–Crippen MR) is 89.2 cm³/mol. The standard InChI is InChI=1S/C16H19N3O4S/c1-11(2)7-13-9-17-16(18-10-13)19-24(22,23)14-5-3-12(4-6-14)8-15(20)21/h3-6,9-11H,7-8H2,1-2H3,(H,20,21)(H,17,18,19). The lowest BCUT2D eigenvalue weighted by Crippen LogP contribution is -2.15. The zero-order valence-corrected chi connectivity index (χ0v) is 14.2. The summed E-state index contributed by atoms with van der Waals surface area (Å²) in [5, 5.41) is 8.72. The van der Waals surface area contributed by atoms with E-state index in [1.54, 1.807) is 12.4 Å². The van der Waals surface area contributed by atoms with Gasteiger partial charge in [-0.2, -0.15) is 0 Å². The minimum absolute atomic E-state index is 0.00267. The number of rotatable bonds is 7. The van der Waals surface area contributed by atoms with Crippen LogP contribution in [0, 0.1) is 5.92 Å². The molecule has 24 heavy (non-hydrogen) atoms. The Balaban J connectivity index is 2.11. The third-order valence-corrected chi connectivity index (χ3v) is 4.51. The topological polar surface area (TPSA) is 109 Å². The monoisotopic (exact) mass is 349 g/mol. The first kappa shape index (κ1) is 17.9. The molecule has 0 bridgehead atoms. The first-order valence-corrected chi connectivity index (χ1v) is 8.89. The number of hydrogen-bond acceptors (Lipinski definition) is 5. The van der Waals surface area contributed by atoms with Gasteiger partial charge in [0, 0.05) is 12.4 Å². The summed E-state index contributed by atoms with van der Waals surface area (Å²) >= 11 is 0. The first-order chi connectivity index (χ1) is 11.3. The molecule has 8 heteroatoms. The Morgan fingerprint density at radius 3 is 2.21 bits per heavy atom. The van der Waals surface area contributed by atoms with Crippen LogP contribution in [0.4, 0.5) is 5.95 Å². The van der Waals surface area contributed by atoms with Gasteiger partial charge in [-0.05, 0) is 35.6 Å². The summed E-state index contributed by atoms with van der Waals surface area (Å²) in [6, 6.07) is 5.64. The molecule has 0 spiro atoms. The summed E-state index contributed by atoms with van der Waals surface area (Å²) in [5.41, 5.74) is 1.46. The average molecular weight is 349 g/mol. The molecule has 0 fully saturated rings. The molecule has 0 amide bonds. The lowest BCUT2D eigenvalue weighted by molar-refractivity contribution is -0.136. The van der Waals surface area contributed by atoms with Crippen LogP contribution in [0.3, 0.4) is 0 Å². The van der Waals surface area contributed by atoms with Crippen molar-refractivity contribution in [2.45, 2.75) is 31.6 Å². The molecule has 0 atom stereocenters. The van der Waals surface area contributed by atoms with Gasteiger partial charge < -0.3 is 5.11 Å². The van der Waals surface area contributed by atoms with E-state index in [-0.39, 0.29) is 17.3 Å². The molecular weight excluding hydrogens is 330 g/mol. The molecule has 2 rings (SSSR count). The average Bonchev–Trinajstić information content (AvgIpc) is 2.48. The van der Waals surface area contributed by atoms with Crippen LogP contribution in [-0.2, 0) is 27.7 Å². The quantitative estimate of drug-likeness (QED) is 0.792. The highest BCUT2D eigenvalue weighted by atomic mass is 32.2. The fraction of sp³-hybridized carbons (Fsp3) is 0.312. The molecule has 1 aromatic heterocycles. The second-order valence-corrected chi connectivity index (χ2v) is 7.52. The molecule has 1 aromatic carbocycles. The van der Waals surface area contributed by atoms with Crippen LogP contribution in [0.2, 0.25) is 0 Å². The third kappa shape index (κ3) is 5.02. The van der Waals surface area contributed by atoms with E-state index < -0.39 is 16.0 Å². The van der Waals surface area contributed by atoms with Crippen LogP contribution in [-0.4, -0.2) is 29.5 Å². The molecule has 1 heterocycles. The van der Waals surface area contributed by atoms with Gasteiger partial charge in [0.25, 0.3) is 10.0 Å². The van der Waals surface area contributed by atoms with Crippen LogP contribution in [0.5, 0.6) is 0 Å². The number of carbonyl (C=O) groups is 1. The van der Waals surface area contributed by atoms with Crippen molar-refractivity contribution in [2.24, 2.45) is 5.92 Å². The Bertz CT molecular complexity index is 800. The number of anilines is 1. The van der Waals surface area contributed by atoms with Crippen LogP contribution >= 0.6 is 0 Å². The van der Waals surface area contributed by atoms with Crippen molar-refractivity contribution < 1.29 is 18.3 Å². The van der Waals surface area contributed by atoms with E-state index in [1.165, 1.54) is 24.3 Å². The van der Waals surface area contributed by atoms with Crippen molar-refractivity contribution in [3.8, 4) is 0 Å². The smallest absolute Gasteiger partial charge is 0.307 e. The highest BCUT2D eigenvalue weighted by Crippen LogP contribution is 2.15. The highest BCUT2D eigenvalue weighted by Gasteiger charge is 2.16. The summed E-state index contributed by atoms with van der Waals surface area (Å²) in [5.74, 6) is -0.517. The summed E-state index contributed by atoms with van der Waals surface area (Å²) < 4.78 is 26.9. The van der Waals surface area contributed by atoms with Gasteiger partial charge in [-0.1, -0.05) is 26.0 Å². The van der Waals surface area contributed by atoms with E-state index in [0.29, 0.717) is 11.5 Å². The number of sulfonamides is 1. The van der Waals surface area contributed by atoms with Crippen LogP contribution in [0.15, 0.2) is 41.6 Å². The van der Waals surface area contributed by atoms with Gasteiger partial charge in [-0.15, -0.1) is 0 Å². The largest absolute Gasteiger partial charge is 0.481 e. The number of aliphatic carboxylic acids is 1. The van der Waals surface area contributed by atoms with Crippen molar-refractivity contribution in [3.63, 3.8) is 0 Å². The van der Waals surface area contributed by atoms with E-state index in [1.807, 2.05) is 0 Å².